The van der Waals surface area contributed by atoms with Crippen LogP contribution in [0.25, 0.3) is 0 Å². The maximum absolute atomic E-state index is 13.3. The average molecular weight is 458 g/mol. The zero-order valence-electron chi connectivity index (χ0n) is 16.5. The van der Waals surface area contributed by atoms with Gasteiger partial charge < -0.3 is 12.4 Å². The predicted molar refractivity (Wildman–Crippen MR) is 118 cm³/mol. The molecule has 1 nitrogen and oxygen atoms in total. The van der Waals surface area contributed by atoms with Gasteiger partial charge in [0.15, 0.2) is 0 Å². The van der Waals surface area contributed by atoms with Crippen molar-refractivity contribution in [3.05, 3.63) is 121 Å². The molecule has 0 aliphatic rings. The number of hydrogen-bond donors (Lipinski definition) is 0. The molecule has 6 heteroatoms. The van der Waals surface area contributed by atoms with E-state index in [1.54, 1.807) is 6.07 Å². The minimum absolute atomic E-state index is 0. The topological polar surface area (TPSA) is 12.9 Å². The minimum atomic E-state index is -4.47. The summed E-state index contributed by atoms with van der Waals surface area (Å²) in [5.41, 5.74) is -0.415. The van der Waals surface area contributed by atoms with Gasteiger partial charge in [0.2, 0.25) is 0 Å². The zero-order valence-corrected chi connectivity index (χ0v) is 18.2. The van der Waals surface area contributed by atoms with Gasteiger partial charge in [-0.25, -0.2) is 4.98 Å². The molecule has 1 heterocycles. The maximum Gasteiger partial charge on any atom is 0.433 e. The van der Waals surface area contributed by atoms with E-state index >= 15 is 0 Å². The van der Waals surface area contributed by atoms with Crippen molar-refractivity contribution in [2.45, 2.75) is 12.3 Å². The lowest BCUT2D eigenvalue weighted by molar-refractivity contribution is -0.141. The molecule has 0 N–H and O–H groups in total. The van der Waals surface area contributed by atoms with Crippen molar-refractivity contribution in [1.29, 1.82) is 0 Å². The van der Waals surface area contributed by atoms with Crippen LogP contribution in [0, 0.1) is 0 Å². The fourth-order valence-electron chi connectivity index (χ4n) is 3.74. The van der Waals surface area contributed by atoms with E-state index in [-0.39, 0.29) is 12.4 Å². The van der Waals surface area contributed by atoms with Crippen LogP contribution in [0.2, 0.25) is 0 Å². The number of pyridine rings is 1. The highest BCUT2D eigenvalue weighted by atomic mass is 35.5. The minimum Gasteiger partial charge on any atom is -1.00 e. The van der Waals surface area contributed by atoms with Gasteiger partial charge in [-0.1, -0.05) is 60.7 Å². The fourth-order valence-corrected chi connectivity index (χ4v) is 7.88. The van der Waals surface area contributed by atoms with Gasteiger partial charge in [-0.15, -0.1) is 0 Å². The molecule has 0 aliphatic carbocycles. The molecule has 0 amide bonds. The molecule has 0 spiro atoms. The molecule has 0 saturated heterocycles. The molecule has 0 aliphatic heterocycles. The second-order valence-corrected chi connectivity index (χ2v) is 10.5. The molecule has 31 heavy (non-hydrogen) atoms. The summed E-state index contributed by atoms with van der Waals surface area (Å²) in [6, 6.07) is 34.3. The van der Waals surface area contributed by atoms with Crippen molar-refractivity contribution in [2.24, 2.45) is 0 Å². The summed E-state index contributed by atoms with van der Waals surface area (Å²) in [7, 11) is -2.28. The Hall–Kier alpha value is -2.68. The van der Waals surface area contributed by atoms with Crippen LogP contribution < -0.4 is 28.3 Å². The standard InChI is InChI=1S/C25H20F3NP.ClH/c26-25(27,28)24-18-10-11-20(29-24)19-30(21-12-4-1-5-13-21,22-14-6-2-7-15-22)23-16-8-3-9-17-23;/h1-18H,19H2;1H/q+1;/p-1. The van der Waals surface area contributed by atoms with Gasteiger partial charge >= 0.3 is 6.18 Å². The van der Waals surface area contributed by atoms with E-state index in [4.69, 9.17) is 0 Å². The van der Waals surface area contributed by atoms with Crippen molar-refractivity contribution in [3.8, 4) is 0 Å². The van der Waals surface area contributed by atoms with Crippen molar-refractivity contribution in [3.63, 3.8) is 0 Å². The Balaban J connectivity index is 0.00000272. The second-order valence-electron chi connectivity index (χ2n) is 6.99. The molecule has 0 bridgehead atoms. The predicted octanol–water partition coefficient (Wildman–Crippen LogP) is 2.60. The van der Waals surface area contributed by atoms with E-state index in [2.05, 4.69) is 41.4 Å². The van der Waals surface area contributed by atoms with Crippen LogP contribution in [-0.4, -0.2) is 4.98 Å². The van der Waals surface area contributed by atoms with Crippen molar-refractivity contribution < 1.29 is 25.6 Å². The SMILES string of the molecule is FC(F)(F)c1cccc(C[P+](c2ccccc2)(c2ccccc2)c2ccccc2)n1.[Cl-]. The van der Waals surface area contributed by atoms with Crippen LogP contribution >= 0.6 is 7.26 Å². The first-order valence-electron chi connectivity index (χ1n) is 9.58. The van der Waals surface area contributed by atoms with Gasteiger partial charge in [0.25, 0.3) is 0 Å². The summed E-state index contributed by atoms with van der Waals surface area (Å²) in [6.45, 7) is 0. The van der Waals surface area contributed by atoms with Crippen LogP contribution in [0.1, 0.15) is 11.4 Å². The largest absolute Gasteiger partial charge is 1.00 e. The highest BCUT2D eigenvalue weighted by Gasteiger charge is 2.46. The molecule has 0 atom stereocenters. The molecule has 4 aromatic rings. The van der Waals surface area contributed by atoms with Crippen LogP contribution in [0.3, 0.4) is 0 Å². The zero-order chi connectivity index (χ0) is 21.0. The lowest BCUT2D eigenvalue weighted by Gasteiger charge is -2.27. The van der Waals surface area contributed by atoms with Crippen LogP contribution in [-0.2, 0) is 12.3 Å². The van der Waals surface area contributed by atoms with E-state index in [1.165, 1.54) is 6.07 Å². The number of rotatable bonds is 5. The summed E-state index contributed by atoms with van der Waals surface area (Å²) in [6.07, 6.45) is -4.06. The molecular formula is C25H20ClF3NP. The van der Waals surface area contributed by atoms with Crippen molar-refractivity contribution >= 4 is 23.2 Å². The van der Waals surface area contributed by atoms with Crippen LogP contribution in [0.15, 0.2) is 109 Å². The number of alkyl halides is 3. The summed E-state index contributed by atoms with van der Waals surface area (Å²) in [4.78, 5) is 4.01. The molecule has 4 rings (SSSR count). The first-order valence-corrected chi connectivity index (χ1v) is 11.6. The van der Waals surface area contributed by atoms with Gasteiger partial charge in [-0.3, -0.25) is 0 Å². The highest BCUT2D eigenvalue weighted by Crippen LogP contribution is 2.57. The van der Waals surface area contributed by atoms with Gasteiger partial charge in [0, 0.05) is 0 Å². The van der Waals surface area contributed by atoms with Crippen molar-refractivity contribution in [2.75, 3.05) is 0 Å². The molecule has 1 aromatic heterocycles. The van der Waals surface area contributed by atoms with Gasteiger partial charge in [0.1, 0.15) is 35.0 Å². The quantitative estimate of drug-likeness (QED) is 0.420. The van der Waals surface area contributed by atoms with E-state index in [0.717, 1.165) is 22.0 Å². The summed E-state index contributed by atoms with van der Waals surface area (Å²) in [5, 5.41) is 3.34. The number of benzene rings is 3. The Labute approximate surface area is 186 Å². The number of nitrogens with zero attached hydrogens (tertiary/aromatic N) is 1. The third kappa shape index (κ3) is 4.81. The van der Waals surface area contributed by atoms with Crippen LogP contribution in [0.4, 0.5) is 13.2 Å². The summed E-state index contributed by atoms with van der Waals surface area (Å²) in [5.74, 6) is 0. The first kappa shape index (κ1) is 23.0. The lowest BCUT2D eigenvalue weighted by atomic mass is 10.3. The van der Waals surface area contributed by atoms with E-state index in [9.17, 15) is 13.2 Å². The van der Waals surface area contributed by atoms with E-state index < -0.39 is 19.1 Å². The summed E-state index contributed by atoms with van der Waals surface area (Å²) < 4.78 is 39.9. The number of aromatic nitrogens is 1. The maximum atomic E-state index is 13.3. The lowest BCUT2D eigenvalue weighted by Crippen LogP contribution is -3.00. The van der Waals surface area contributed by atoms with Crippen LogP contribution in [0.5, 0.6) is 0 Å². The summed E-state index contributed by atoms with van der Waals surface area (Å²) >= 11 is 0. The Morgan fingerprint density at radius 3 is 1.39 bits per heavy atom. The molecule has 3 aromatic carbocycles. The Kier molecular flexibility index (Phi) is 7.15. The van der Waals surface area contributed by atoms with E-state index in [0.29, 0.717) is 11.9 Å². The monoisotopic (exact) mass is 457 g/mol. The van der Waals surface area contributed by atoms with Gasteiger partial charge in [-0.2, -0.15) is 13.2 Å². The van der Waals surface area contributed by atoms with Gasteiger partial charge in [0.05, 0.1) is 5.69 Å². The molecular weight excluding hydrogens is 438 g/mol. The Bertz CT molecular complexity index is 1010. The van der Waals surface area contributed by atoms with Gasteiger partial charge in [-0.05, 0) is 48.5 Å². The second kappa shape index (κ2) is 9.64. The fraction of sp³-hybridized carbons (Fsp3) is 0.0800. The Morgan fingerprint density at radius 1 is 0.581 bits per heavy atom. The molecule has 0 fully saturated rings. The third-order valence-corrected chi connectivity index (χ3v) is 9.42. The number of halogens is 4. The highest BCUT2D eigenvalue weighted by molar-refractivity contribution is 7.95. The van der Waals surface area contributed by atoms with Crippen molar-refractivity contribution in [1.82, 2.24) is 4.98 Å². The van der Waals surface area contributed by atoms with E-state index in [1.807, 2.05) is 54.6 Å². The molecule has 0 saturated carbocycles. The average Bonchev–Trinajstić information content (AvgIpc) is 2.79. The third-order valence-electron chi connectivity index (χ3n) is 5.09. The molecule has 0 unspecified atom stereocenters. The molecule has 0 radical (unpaired) electrons. The normalized spacial score (nSPS) is 11.6. The number of hydrogen-bond acceptors (Lipinski definition) is 1. The smallest absolute Gasteiger partial charge is 0.433 e. The Morgan fingerprint density at radius 2 is 1.00 bits per heavy atom. The first-order chi connectivity index (χ1) is 14.5. The molecule has 158 valence electrons.